The average molecular weight is 261 g/mol. The molecule has 0 radical (unpaired) electrons. The molecule has 18 heavy (non-hydrogen) atoms. The molecule has 3 aromatic rings. The van der Waals surface area contributed by atoms with Crippen molar-refractivity contribution in [2.75, 3.05) is 5.84 Å². The molecule has 4 nitrogen and oxygen atoms in total. The van der Waals surface area contributed by atoms with Crippen molar-refractivity contribution in [3.05, 3.63) is 51.9 Å². The molecule has 0 aliphatic carbocycles. The zero-order chi connectivity index (χ0) is 12.7. The Morgan fingerprint density at radius 1 is 1.22 bits per heavy atom. The van der Waals surface area contributed by atoms with Gasteiger partial charge in [0.2, 0.25) is 0 Å². The van der Waals surface area contributed by atoms with E-state index in [1.807, 2.05) is 0 Å². The lowest BCUT2D eigenvalue weighted by atomic mass is 10.2. The Morgan fingerprint density at radius 2 is 1.94 bits per heavy atom. The smallest absolute Gasteiger partial charge is 0.280 e. The van der Waals surface area contributed by atoms with Crippen LogP contribution in [-0.4, -0.2) is 9.66 Å². The number of benzene rings is 1. The van der Waals surface area contributed by atoms with Gasteiger partial charge in [-0.25, -0.2) is 14.1 Å². The highest BCUT2D eigenvalue weighted by Gasteiger charge is 2.11. The van der Waals surface area contributed by atoms with Gasteiger partial charge in [-0.2, -0.15) is 0 Å². The zero-order valence-electron chi connectivity index (χ0n) is 9.13. The summed E-state index contributed by atoms with van der Waals surface area (Å²) in [5.74, 6) is 5.71. The summed E-state index contributed by atoms with van der Waals surface area (Å²) >= 11 is 1.37. The molecule has 0 saturated carbocycles. The van der Waals surface area contributed by atoms with Crippen LogP contribution in [0.3, 0.4) is 0 Å². The molecular formula is C12H8FN3OS. The third-order valence-electron chi connectivity index (χ3n) is 2.63. The van der Waals surface area contributed by atoms with Gasteiger partial charge in [0.1, 0.15) is 10.6 Å². The lowest BCUT2D eigenvalue weighted by Gasteiger charge is -2.06. The topological polar surface area (TPSA) is 60.9 Å². The number of aromatic nitrogens is 2. The molecular weight excluding hydrogens is 253 g/mol. The number of nitrogens with zero attached hydrogens (tertiary/aromatic N) is 2. The van der Waals surface area contributed by atoms with Crippen LogP contribution in [0.1, 0.15) is 0 Å². The Balaban J connectivity index is 2.32. The Morgan fingerprint density at radius 3 is 2.67 bits per heavy atom. The summed E-state index contributed by atoms with van der Waals surface area (Å²) in [5.41, 5.74) is 0.298. The van der Waals surface area contributed by atoms with E-state index in [-0.39, 0.29) is 11.4 Å². The summed E-state index contributed by atoms with van der Waals surface area (Å²) < 4.78 is 13.9. The van der Waals surface area contributed by atoms with Gasteiger partial charge < -0.3 is 5.84 Å². The number of fused-ring (bicyclic) bond motifs is 1. The first kappa shape index (κ1) is 10.9. The lowest BCUT2D eigenvalue weighted by molar-refractivity contribution is 0.628. The van der Waals surface area contributed by atoms with Crippen LogP contribution in [0.2, 0.25) is 0 Å². The van der Waals surface area contributed by atoms with E-state index in [4.69, 9.17) is 5.84 Å². The minimum Gasteiger partial charge on any atom is -0.334 e. The van der Waals surface area contributed by atoms with Crippen molar-refractivity contribution in [2.45, 2.75) is 0 Å². The van der Waals surface area contributed by atoms with Crippen molar-refractivity contribution in [3.63, 3.8) is 0 Å². The fourth-order valence-corrected chi connectivity index (χ4v) is 2.48. The number of nitrogen functional groups attached to an aromatic ring is 1. The molecule has 1 aromatic carbocycles. The molecule has 3 rings (SSSR count). The molecule has 0 atom stereocenters. The van der Waals surface area contributed by atoms with Crippen LogP contribution >= 0.6 is 11.3 Å². The molecule has 0 aliphatic rings. The highest BCUT2D eigenvalue weighted by atomic mass is 32.1. The van der Waals surface area contributed by atoms with E-state index in [0.717, 1.165) is 4.68 Å². The van der Waals surface area contributed by atoms with Gasteiger partial charge in [-0.05, 0) is 35.7 Å². The third-order valence-corrected chi connectivity index (χ3v) is 3.44. The van der Waals surface area contributed by atoms with Crippen molar-refractivity contribution in [3.8, 4) is 11.4 Å². The van der Waals surface area contributed by atoms with Gasteiger partial charge in [0.25, 0.3) is 5.56 Å². The van der Waals surface area contributed by atoms with Crippen LogP contribution in [0.25, 0.3) is 21.6 Å². The van der Waals surface area contributed by atoms with Crippen molar-refractivity contribution >= 4 is 21.6 Å². The summed E-state index contributed by atoms with van der Waals surface area (Å²) in [6, 6.07) is 7.38. The third kappa shape index (κ3) is 1.58. The number of hydrogen-bond acceptors (Lipinski definition) is 4. The first-order valence-corrected chi connectivity index (χ1v) is 6.06. The molecule has 0 bridgehead atoms. The van der Waals surface area contributed by atoms with Crippen LogP contribution in [-0.2, 0) is 0 Å². The predicted octanol–water partition coefficient (Wildman–Crippen LogP) is 1.98. The van der Waals surface area contributed by atoms with E-state index in [9.17, 15) is 9.18 Å². The molecule has 0 aliphatic heterocycles. The number of hydrogen-bond donors (Lipinski definition) is 1. The summed E-state index contributed by atoms with van der Waals surface area (Å²) in [4.78, 5) is 16.9. The van der Waals surface area contributed by atoms with E-state index < -0.39 is 0 Å². The largest absolute Gasteiger partial charge is 0.334 e. The molecule has 6 heteroatoms. The van der Waals surface area contributed by atoms with Gasteiger partial charge in [0.15, 0.2) is 5.82 Å². The molecule has 2 heterocycles. The molecule has 0 amide bonds. The summed E-state index contributed by atoms with van der Waals surface area (Å²) in [5, 5.41) is 2.28. The zero-order valence-corrected chi connectivity index (χ0v) is 9.95. The SMILES string of the molecule is Nn1c(-c2ccc(F)cc2)nc2sccc2c1=O. The molecule has 2 N–H and O–H groups in total. The summed E-state index contributed by atoms with van der Waals surface area (Å²) in [6.45, 7) is 0. The maximum atomic E-state index is 12.9. The second-order valence-electron chi connectivity index (χ2n) is 3.76. The Labute approximate surface area is 105 Å². The Bertz CT molecular complexity index is 776. The normalized spacial score (nSPS) is 10.9. The lowest BCUT2D eigenvalue weighted by Crippen LogP contribution is -2.29. The molecule has 0 saturated heterocycles. The first-order valence-electron chi connectivity index (χ1n) is 5.18. The Kier molecular flexibility index (Phi) is 2.38. The number of nitrogens with two attached hydrogens (primary N) is 1. The van der Waals surface area contributed by atoms with E-state index in [1.165, 1.54) is 23.5 Å². The number of rotatable bonds is 1. The van der Waals surface area contributed by atoms with Crippen LogP contribution in [0.5, 0.6) is 0 Å². The molecule has 0 unspecified atom stereocenters. The van der Waals surface area contributed by atoms with E-state index in [2.05, 4.69) is 4.98 Å². The molecule has 90 valence electrons. The monoisotopic (exact) mass is 261 g/mol. The van der Waals surface area contributed by atoms with Crippen molar-refractivity contribution < 1.29 is 4.39 Å². The van der Waals surface area contributed by atoms with E-state index in [0.29, 0.717) is 21.6 Å². The van der Waals surface area contributed by atoms with Crippen molar-refractivity contribution in [2.24, 2.45) is 0 Å². The minimum absolute atomic E-state index is 0.305. The highest BCUT2D eigenvalue weighted by molar-refractivity contribution is 7.16. The second kappa shape index (κ2) is 3.92. The number of halogens is 1. The van der Waals surface area contributed by atoms with Gasteiger partial charge in [-0.1, -0.05) is 0 Å². The average Bonchev–Trinajstić information content (AvgIpc) is 2.83. The van der Waals surface area contributed by atoms with E-state index >= 15 is 0 Å². The first-order chi connectivity index (χ1) is 8.66. The highest BCUT2D eigenvalue weighted by Crippen LogP contribution is 2.20. The van der Waals surface area contributed by atoms with Gasteiger partial charge in [0.05, 0.1) is 5.39 Å². The maximum absolute atomic E-state index is 12.9. The maximum Gasteiger partial charge on any atom is 0.280 e. The van der Waals surface area contributed by atoms with Crippen LogP contribution < -0.4 is 11.4 Å². The quantitative estimate of drug-likeness (QED) is 0.681. The summed E-state index contributed by atoms with van der Waals surface area (Å²) in [7, 11) is 0. The van der Waals surface area contributed by atoms with E-state index in [1.54, 1.807) is 23.6 Å². The van der Waals surface area contributed by atoms with Crippen molar-refractivity contribution in [1.29, 1.82) is 0 Å². The summed E-state index contributed by atoms with van der Waals surface area (Å²) in [6.07, 6.45) is 0. The molecule has 0 fully saturated rings. The predicted molar refractivity (Wildman–Crippen MR) is 69.4 cm³/mol. The minimum atomic E-state index is -0.345. The van der Waals surface area contributed by atoms with Gasteiger partial charge in [-0.15, -0.1) is 11.3 Å². The fraction of sp³-hybridized carbons (Fsp3) is 0. The molecule has 0 spiro atoms. The van der Waals surface area contributed by atoms with Crippen LogP contribution in [0.4, 0.5) is 4.39 Å². The number of thiophene rings is 1. The van der Waals surface area contributed by atoms with Gasteiger partial charge in [0, 0.05) is 5.56 Å². The fourth-order valence-electron chi connectivity index (χ4n) is 1.73. The van der Waals surface area contributed by atoms with Gasteiger partial charge in [-0.3, -0.25) is 4.79 Å². The second-order valence-corrected chi connectivity index (χ2v) is 4.65. The Hall–Kier alpha value is -2.21. The van der Waals surface area contributed by atoms with Crippen LogP contribution in [0, 0.1) is 5.82 Å². The molecule has 2 aromatic heterocycles. The van der Waals surface area contributed by atoms with Crippen molar-refractivity contribution in [1.82, 2.24) is 9.66 Å². The van der Waals surface area contributed by atoms with Gasteiger partial charge >= 0.3 is 0 Å². The standard InChI is InChI=1S/C12H8FN3OS/c13-8-3-1-7(2-4-8)10-15-11-9(5-6-18-11)12(17)16(10)14/h1-6H,14H2. The van der Waals surface area contributed by atoms with Crippen LogP contribution in [0.15, 0.2) is 40.5 Å².